The van der Waals surface area contributed by atoms with E-state index in [4.69, 9.17) is 5.11 Å². The Morgan fingerprint density at radius 3 is 2.47 bits per heavy atom. The molecule has 0 radical (unpaired) electrons. The van der Waals surface area contributed by atoms with E-state index in [1.54, 1.807) is 0 Å². The second kappa shape index (κ2) is 4.15. The zero-order valence-electron chi connectivity index (χ0n) is 10.2. The highest BCUT2D eigenvalue weighted by molar-refractivity contribution is 5.75. The van der Waals surface area contributed by atoms with Crippen LogP contribution in [0.3, 0.4) is 0 Å². The number of benzene rings is 1. The van der Waals surface area contributed by atoms with Crippen molar-refractivity contribution < 1.29 is 15.0 Å². The lowest BCUT2D eigenvalue weighted by Gasteiger charge is -2.20. The Morgan fingerprint density at radius 1 is 1.35 bits per heavy atom. The van der Waals surface area contributed by atoms with Gasteiger partial charge in [0, 0.05) is 5.41 Å². The molecule has 17 heavy (non-hydrogen) atoms. The minimum absolute atomic E-state index is 0.410. The summed E-state index contributed by atoms with van der Waals surface area (Å²) in [4.78, 5) is 10.9. The molecule has 1 aliphatic rings. The van der Waals surface area contributed by atoms with E-state index in [0.29, 0.717) is 5.92 Å². The highest BCUT2D eigenvalue weighted by Gasteiger charge is 2.53. The first kappa shape index (κ1) is 12.1. The summed E-state index contributed by atoms with van der Waals surface area (Å²) in [5.41, 5.74) is 1.60. The van der Waals surface area contributed by atoms with Crippen LogP contribution in [0.25, 0.3) is 0 Å². The number of aliphatic hydroxyl groups excluding tert-OH is 1. The minimum atomic E-state index is -1.29. The number of hydrogen-bond donors (Lipinski definition) is 2. The zero-order valence-corrected chi connectivity index (χ0v) is 10.2. The van der Waals surface area contributed by atoms with Crippen LogP contribution < -0.4 is 0 Å². The molecule has 0 spiro atoms. The van der Waals surface area contributed by atoms with Crippen molar-refractivity contribution in [1.82, 2.24) is 0 Å². The van der Waals surface area contributed by atoms with Crippen molar-refractivity contribution in [2.24, 2.45) is 0 Å². The predicted octanol–water partition coefficient (Wildman–Crippen LogP) is 2.29. The van der Waals surface area contributed by atoms with Gasteiger partial charge in [0.2, 0.25) is 0 Å². The summed E-state index contributed by atoms with van der Waals surface area (Å²) in [6.07, 6.45) is 0.217. The first-order chi connectivity index (χ1) is 7.97. The van der Waals surface area contributed by atoms with Crippen molar-refractivity contribution in [2.45, 2.75) is 44.1 Å². The van der Waals surface area contributed by atoms with Gasteiger partial charge in [0.15, 0.2) is 6.10 Å². The van der Waals surface area contributed by atoms with E-state index >= 15 is 0 Å². The summed E-state index contributed by atoms with van der Waals surface area (Å²) in [7, 11) is 0. The average molecular weight is 234 g/mol. The molecule has 1 aromatic rings. The van der Waals surface area contributed by atoms with Gasteiger partial charge in [0.05, 0.1) is 0 Å². The van der Waals surface area contributed by atoms with Crippen LogP contribution in [0.1, 0.15) is 43.7 Å². The molecule has 0 amide bonds. The first-order valence-electron chi connectivity index (χ1n) is 5.99. The van der Waals surface area contributed by atoms with Gasteiger partial charge < -0.3 is 10.2 Å². The second-order valence-electron chi connectivity index (χ2n) is 5.18. The molecule has 1 aliphatic carbocycles. The summed E-state index contributed by atoms with van der Waals surface area (Å²) in [5.74, 6) is -0.717. The monoisotopic (exact) mass is 234 g/mol. The fourth-order valence-electron chi connectivity index (χ4n) is 2.30. The van der Waals surface area contributed by atoms with Crippen molar-refractivity contribution in [2.75, 3.05) is 0 Å². The molecule has 1 aromatic carbocycles. The van der Waals surface area contributed by atoms with Crippen LogP contribution in [0.2, 0.25) is 0 Å². The summed E-state index contributed by atoms with van der Waals surface area (Å²) in [6.45, 7) is 4.21. The van der Waals surface area contributed by atoms with Gasteiger partial charge in [-0.25, -0.2) is 4.79 Å². The molecule has 0 aromatic heterocycles. The van der Waals surface area contributed by atoms with Crippen molar-refractivity contribution in [3.05, 3.63) is 35.4 Å². The third-order valence-electron chi connectivity index (χ3n) is 3.67. The van der Waals surface area contributed by atoms with Gasteiger partial charge >= 0.3 is 5.97 Å². The zero-order chi connectivity index (χ0) is 12.6. The van der Waals surface area contributed by atoms with Crippen molar-refractivity contribution >= 4 is 5.97 Å². The fraction of sp³-hybridized carbons (Fsp3) is 0.500. The molecular weight excluding hydrogens is 216 g/mol. The molecule has 1 atom stereocenters. The molecule has 2 rings (SSSR count). The van der Waals surface area contributed by atoms with Crippen LogP contribution in [0.15, 0.2) is 24.3 Å². The van der Waals surface area contributed by atoms with E-state index in [-0.39, 0.29) is 0 Å². The molecule has 1 fully saturated rings. The SMILES string of the molecule is CC(C)c1cccc(C2(C(O)C(=O)O)CC2)c1. The number of aliphatic carboxylic acids is 1. The molecule has 92 valence electrons. The van der Waals surface area contributed by atoms with Crippen LogP contribution in [-0.2, 0) is 10.2 Å². The van der Waals surface area contributed by atoms with Crippen LogP contribution in [-0.4, -0.2) is 22.3 Å². The van der Waals surface area contributed by atoms with E-state index in [1.165, 1.54) is 5.56 Å². The lowest BCUT2D eigenvalue weighted by molar-refractivity contribution is -0.148. The smallest absolute Gasteiger partial charge is 0.333 e. The minimum Gasteiger partial charge on any atom is -0.479 e. The number of carbonyl (C=O) groups is 1. The van der Waals surface area contributed by atoms with Gasteiger partial charge in [-0.1, -0.05) is 38.1 Å². The topological polar surface area (TPSA) is 57.5 Å². The fourth-order valence-corrected chi connectivity index (χ4v) is 2.30. The summed E-state index contributed by atoms with van der Waals surface area (Å²) in [6, 6.07) is 7.94. The maximum atomic E-state index is 10.9. The van der Waals surface area contributed by atoms with Crippen LogP contribution in [0.4, 0.5) is 0 Å². The third kappa shape index (κ3) is 2.07. The standard InChI is InChI=1S/C14H18O3/c1-9(2)10-4-3-5-11(8-10)14(6-7-14)12(15)13(16)17/h3-5,8-9,12,15H,6-7H2,1-2H3,(H,16,17). The highest BCUT2D eigenvalue weighted by atomic mass is 16.4. The van der Waals surface area contributed by atoms with Crippen LogP contribution in [0.5, 0.6) is 0 Å². The largest absolute Gasteiger partial charge is 0.479 e. The van der Waals surface area contributed by atoms with Gasteiger partial charge in [-0.2, -0.15) is 0 Å². The summed E-state index contributed by atoms with van der Waals surface area (Å²) < 4.78 is 0. The molecular formula is C14H18O3. The lowest BCUT2D eigenvalue weighted by Crippen LogP contribution is -2.33. The number of hydrogen-bond acceptors (Lipinski definition) is 2. The van der Waals surface area contributed by atoms with E-state index < -0.39 is 17.5 Å². The van der Waals surface area contributed by atoms with Crippen molar-refractivity contribution in [1.29, 1.82) is 0 Å². The number of rotatable bonds is 4. The molecule has 2 N–H and O–H groups in total. The molecule has 0 saturated heterocycles. The summed E-state index contributed by atoms with van der Waals surface area (Å²) in [5, 5.41) is 18.7. The average Bonchev–Trinajstić information content (AvgIpc) is 3.09. The Bertz CT molecular complexity index is 433. The Balaban J connectivity index is 2.34. The molecule has 3 heteroatoms. The number of aliphatic hydroxyl groups is 1. The highest BCUT2D eigenvalue weighted by Crippen LogP contribution is 2.51. The van der Waals surface area contributed by atoms with Gasteiger partial charge in [-0.15, -0.1) is 0 Å². The van der Waals surface area contributed by atoms with Crippen LogP contribution >= 0.6 is 0 Å². The third-order valence-corrected chi connectivity index (χ3v) is 3.67. The summed E-state index contributed by atoms with van der Waals surface area (Å²) >= 11 is 0. The molecule has 0 heterocycles. The number of carboxylic acids is 1. The van der Waals surface area contributed by atoms with E-state index in [2.05, 4.69) is 13.8 Å². The van der Waals surface area contributed by atoms with Crippen molar-refractivity contribution in [3.8, 4) is 0 Å². The Hall–Kier alpha value is -1.35. The molecule has 1 saturated carbocycles. The Labute approximate surface area is 101 Å². The van der Waals surface area contributed by atoms with Crippen LogP contribution in [0, 0.1) is 0 Å². The predicted molar refractivity (Wildman–Crippen MR) is 65.1 cm³/mol. The number of carboxylic acid groups (broad SMARTS) is 1. The second-order valence-corrected chi connectivity index (χ2v) is 5.18. The molecule has 3 nitrogen and oxygen atoms in total. The Kier molecular flexibility index (Phi) is 2.96. The van der Waals surface area contributed by atoms with Crippen molar-refractivity contribution in [3.63, 3.8) is 0 Å². The van der Waals surface area contributed by atoms with Gasteiger partial charge in [-0.05, 0) is 29.9 Å². The lowest BCUT2D eigenvalue weighted by atomic mass is 9.87. The Morgan fingerprint density at radius 2 is 2.00 bits per heavy atom. The molecule has 1 unspecified atom stereocenters. The van der Waals surface area contributed by atoms with E-state index in [0.717, 1.165) is 18.4 Å². The quantitative estimate of drug-likeness (QED) is 0.840. The van der Waals surface area contributed by atoms with Gasteiger partial charge in [-0.3, -0.25) is 0 Å². The van der Waals surface area contributed by atoms with Gasteiger partial charge in [0.1, 0.15) is 0 Å². The van der Waals surface area contributed by atoms with Gasteiger partial charge in [0.25, 0.3) is 0 Å². The maximum Gasteiger partial charge on any atom is 0.333 e. The maximum absolute atomic E-state index is 10.9. The first-order valence-corrected chi connectivity index (χ1v) is 5.99. The molecule has 0 bridgehead atoms. The van der Waals surface area contributed by atoms with E-state index in [9.17, 15) is 9.90 Å². The molecule has 0 aliphatic heterocycles. The van der Waals surface area contributed by atoms with E-state index in [1.807, 2.05) is 24.3 Å². The normalized spacial score (nSPS) is 19.1.